The molecule has 0 aromatic heterocycles. The Bertz CT molecular complexity index is 451. The van der Waals surface area contributed by atoms with Crippen molar-refractivity contribution in [3.63, 3.8) is 0 Å². The van der Waals surface area contributed by atoms with Crippen molar-refractivity contribution in [2.45, 2.75) is 64.2 Å². The normalized spacial score (nSPS) is 25.6. The minimum absolute atomic E-state index is 0.172. The third kappa shape index (κ3) is 2.35. The fraction of sp³-hybridized carbons (Fsp3) is 0.611. The van der Waals surface area contributed by atoms with Crippen LogP contribution in [0.3, 0.4) is 0 Å². The van der Waals surface area contributed by atoms with E-state index in [2.05, 4.69) is 12.1 Å². The lowest BCUT2D eigenvalue weighted by atomic mass is 9.65. The van der Waals surface area contributed by atoms with Gasteiger partial charge in [0.05, 0.1) is 0 Å². The first-order valence-electron chi connectivity index (χ1n) is 7.82. The van der Waals surface area contributed by atoms with Crippen molar-refractivity contribution in [3.8, 4) is 0 Å². The first-order chi connectivity index (χ1) is 9.21. The number of carbonyl (C=O) groups is 1. The SMILES string of the molecule is CC(=O)c1ccc(C2CCCC23CCCCC3)cc1. The number of Topliss-reactive ketones (excluding diaryl/α,β-unsaturated/α-hetero) is 1. The lowest BCUT2D eigenvalue weighted by Gasteiger charge is -2.39. The van der Waals surface area contributed by atoms with Crippen LogP contribution < -0.4 is 0 Å². The third-order valence-electron chi connectivity index (χ3n) is 5.48. The molecule has 1 unspecified atom stereocenters. The zero-order chi connectivity index (χ0) is 13.3. The van der Waals surface area contributed by atoms with E-state index in [9.17, 15) is 4.79 Å². The zero-order valence-corrected chi connectivity index (χ0v) is 12.0. The van der Waals surface area contributed by atoms with E-state index >= 15 is 0 Å². The van der Waals surface area contributed by atoms with Gasteiger partial charge in [-0.25, -0.2) is 0 Å². The fourth-order valence-corrected chi connectivity index (χ4v) is 4.46. The van der Waals surface area contributed by atoms with Crippen molar-refractivity contribution in [1.82, 2.24) is 0 Å². The van der Waals surface area contributed by atoms with E-state index in [0.29, 0.717) is 5.41 Å². The smallest absolute Gasteiger partial charge is 0.159 e. The van der Waals surface area contributed by atoms with Crippen LogP contribution in [0.5, 0.6) is 0 Å². The van der Waals surface area contributed by atoms with Crippen molar-refractivity contribution < 1.29 is 4.79 Å². The predicted octanol–water partition coefficient (Wildman–Crippen LogP) is 5.11. The van der Waals surface area contributed by atoms with Crippen molar-refractivity contribution in [2.24, 2.45) is 5.41 Å². The number of carbonyl (C=O) groups excluding carboxylic acids is 1. The molecule has 1 aromatic carbocycles. The minimum atomic E-state index is 0.172. The molecule has 1 spiro atoms. The summed E-state index contributed by atoms with van der Waals surface area (Å²) in [4.78, 5) is 11.4. The summed E-state index contributed by atoms with van der Waals surface area (Å²) in [6, 6.07) is 8.46. The molecule has 0 saturated heterocycles. The summed E-state index contributed by atoms with van der Waals surface area (Å²) < 4.78 is 0. The van der Waals surface area contributed by atoms with Gasteiger partial charge in [0.25, 0.3) is 0 Å². The summed E-state index contributed by atoms with van der Waals surface area (Å²) in [5, 5.41) is 0. The Labute approximate surface area is 116 Å². The van der Waals surface area contributed by atoms with Gasteiger partial charge in [-0.2, -0.15) is 0 Å². The Morgan fingerprint density at radius 1 is 1.00 bits per heavy atom. The van der Waals surface area contributed by atoms with Crippen molar-refractivity contribution in [1.29, 1.82) is 0 Å². The molecule has 2 aliphatic rings. The van der Waals surface area contributed by atoms with Gasteiger partial charge in [0.1, 0.15) is 0 Å². The highest BCUT2D eigenvalue weighted by molar-refractivity contribution is 5.94. The Balaban J connectivity index is 1.85. The van der Waals surface area contributed by atoms with Gasteiger partial charge in [-0.05, 0) is 49.5 Å². The summed E-state index contributed by atoms with van der Waals surface area (Å²) in [5.41, 5.74) is 2.92. The maximum absolute atomic E-state index is 11.4. The van der Waals surface area contributed by atoms with E-state index in [1.165, 1.54) is 56.9 Å². The standard InChI is InChI=1S/C18H24O/c1-14(19)15-7-9-16(10-8-15)17-6-5-13-18(17)11-3-2-4-12-18/h7-10,17H,2-6,11-13H2,1H3. The van der Waals surface area contributed by atoms with Gasteiger partial charge in [0.15, 0.2) is 5.78 Å². The minimum Gasteiger partial charge on any atom is -0.295 e. The van der Waals surface area contributed by atoms with Crippen LogP contribution in [-0.2, 0) is 0 Å². The van der Waals surface area contributed by atoms with E-state index < -0.39 is 0 Å². The van der Waals surface area contributed by atoms with Crippen molar-refractivity contribution in [3.05, 3.63) is 35.4 Å². The third-order valence-corrected chi connectivity index (χ3v) is 5.48. The first-order valence-corrected chi connectivity index (χ1v) is 7.82. The fourth-order valence-electron chi connectivity index (χ4n) is 4.46. The number of hydrogen-bond acceptors (Lipinski definition) is 1. The molecule has 0 amide bonds. The molecule has 2 aliphatic carbocycles. The van der Waals surface area contributed by atoms with Gasteiger partial charge in [-0.15, -0.1) is 0 Å². The lowest BCUT2D eigenvalue weighted by Crippen LogP contribution is -2.26. The molecule has 3 rings (SSSR count). The second-order valence-electron chi connectivity index (χ2n) is 6.55. The summed E-state index contributed by atoms with van der Waals surface area (Å²) in [7, 11) is 0. The van der Waals surface area contributed by atoms with E-state index in [1.54, 1.807) is 6.92 Å². The molecule has 0 aliphatic heterocycles. The average Bonchev–Trinajstić information content (AvgIpc) is 2.83. The molecule has 2 fully saturated rings. The second kappa shape index (κ2) is 5.11. The van der Waals surface area contributed by atoms with E-state index in [1.807, 2.05) is 12.1 Å². The maximum Gasteiger partial charge on any atom is 0.159 e. The molecule has 19 heavy (non-hydrogen) atoms. The first kappa shape index (κ1) is 12.9. The molecule has 1 nitrogen and oxygen atoms in total. The van der Waals surface area contributed by atoms with Crippen LogP contribution in [0, 0.1) is 5.41 Å². The van der Waals surface area contributed by atoms with E-state index in [4.69, 9.17) is 0 Å². The summed E-state index contributed by atoms with van der Waals surface area (Å²) in [5.74, 6) is 0.916. The number of hydrogen-bond donors (Lipinski definition) is 0. The molecule has 1 aromatic rings. The predicted molar refractivity (Wildman–Crippen MR) is 78.6 cm³/mol. The van der Waals surface area contributed by atoms with Crippen molar-refractivity contribution >= 4 is 5.78 Å². The van der Waals surface area contributed by atoms with Crippen LogP contribution >= 0.6 is 0 Å². The van der Waals surface area contributed by atoms with Gasteiger partial charge >= 0.3 is 0 Å². The molecule has 102 valence electrons. The summed E-state index contributed by atoms with van der Waals surface area (Å²) in [6.07, 6.45) is 11.3. The molecule has 1 atom stereocenters. The van der Waals surface area contributed by atoms with Gasteiger partial charge < -0.3 is 0 Å². The van der Waals surface area contributed by atoms with Gasteiger partial charge in [0.2, 0.25) is 0 Å². The number of ketones is 1. The largest absolute Gasteiger partial charge is 0.295 e. The highest BCUT2D eigenvalue weighted by Crippen LogP contribution is 2.57. The van der Waals surface area contributed by atoms with Crippen LogP contribution in [0.15, 0.2) is 24.3 Å². The van der Waals surface area contributed by atoms with E-state index in [-0.39, 0.29) is 5.78 Å². The zero-order valence-electron chi connectivity index (χ0n) is 12.0. The van der Waals surface area contributed by atoms with Gasteiger partial charge in [-0.3, -0.25) is 4.79 Å². The monoisotopic (exact) mass is 256 g/mol. The van der Waals surface area contributed by atoms with E-state index in [0.717, 1.165) is 11.5 Å². The van der Waals surface area contributed by atoms with Crippen molar-refractivity contribution in [2.75, 3.05) is 0 Å². The molecule has 1 heteroatoms. The molecular weight excluding hydrogens is 232 g/mol. The highest BCUT2D eigenvalue weighted by atomic mass is 16.1. The number of rotatable bonds is 2. The van der Waals surface area contributed by atoms with Crippen LogP contribution in [-0.4, -0.2) is 5.78 Å². The van der Waals surface area contributed by atoms with Gasteiger partial charge in [-0.1, -0.05) is 49.9 Å². The molecule has 2 saturated carbocycles. The van der Waals surface area contributed by atoms with Crippen LogP contribution in [0.4, 0.5) is 0 Å². The average molecular weight is 256 g/mol. The van der Waals surface area contributed by atoms with Crippen LogP contribution in [0.2, 0.25) is 0 Å². The van der Waals surface area contributed by atoms with Crippen LogP contribution in [0.1, 0.15) is 80.1 Å². The Kier molecular flexibility index (Phi) is 3.47. The topological polar surface area (TPSA) is 17.1 Å². The van der Waals surface area contributed by atoms with Gasteiger partial charge in [0, 0.05) is 5.56 Å². The summed E-state index contributed by atoms with van der Waals surface area (Å²) >= 11 is 0. The summed E-state index contributed by atoms with van der Waals surface area (Å²) in [6.45, 7) is 1.65. The lowest BCUT2D eigenvalue weighted by molar-refractivity contribution is 0.101. The Morgan fingerprint density at radius 3 is 2.26 bits per heavy atom. The Hall–Kier alpha value is -1.11. The molecule has 0 radical (unpaired) electrons. The molecule has 0 heterocycles. The quantitative estimate of drug-likeness (QED) is 0.672. The van der Waals surface area contributed by atoms with Crippen LogP contribution in [0.25, 0.3) is 0 Å². The second-order valence-corrected chi connectivity index (χ2v) is 6.55. The number of benzene rings is 1. The molecule has 0 N–H and O–H groups in total. The molecule has 0 bridgehead atoms. The highest BCUT2D eigenvalue weighted by Gasteiger charge is 2.43. The molecular formula is C18H24O. The Morgan fingerprint density at radius 2 is 1.63 bits per heavy atom. The maximum atomic E-state index is 11.4.